The summed E-state index contributed by atoms with van der Waals surface area (Å²) in [6, 6.07) is 6.49. The second kappa shape index (κ2) is 8.42. The van der Waals surface area contributed by atoms with Crippen molar-refractivity contribution in [3.8, 4) is 0 Å². The van der Waals surface area contributed by atoms with Crippen LogP contribution >= 0.6 is 0 Å². The number of benzene rings is 1. The lowest BCUT2D eigenvalue weighted by Gasteiger charge is -2.15. The first-order chi connectivity index (χ1) is 9.93. The molecule has 0 fully saturated rings. The highest BCUT2D eigenvalue weighted by Gasteiger charge is 2.13. The second-order valence-corrected chi connectivity index (χ2v) is 5.30. The highest BCUT2D eigenvalue weighted by atomic mass is 16.3. The molecular weight excluding hydrogens is 268 g/mol. The van der Waals surface area contributed by atoms with Gasteiger partial charge in [0.25, 0.3) is 11.8 Å². The molecule has 2 atom stereocenters. The van der Waals surface area contributed by atoms with Crippen molar-refractivity contribution >= 4 is 11.8 Å². The third-order valence-electron chi connectivity index (χ3n) is 2.99. The highest BCUT2D eigenvalue weighted by molar-refractivity contribution is 5.99. The molecule has 0 unspecified atom stereocenters. The predicted molar refractivity (Wildman–Crippen MR) is 82.3 cm³/mol. The van der Waals surface area contributed by atoms with E-state index in [0.717, 1.165) is 6.42 Å². The lowest BCUT2D eigenvalue weighted by Crippen LogP contribution is -2.34. The summed E-state index contributed by atoms with van der Waals surface area (Å²) in [5.41, 5.74) is 0.913. The summed E-state index contributed by atoms with van der Waals surface area (Å²) in [4.78, 5) is 24.0. The molecule has 2 amide bonds. The fourth-order valence-corrected chi connectivity index (χ4v) is 2.02. The van der Waals surface area contributed by atoms with Crippen LogP contribution in [-0.4, -0.2) is 35.6 Å². The molecule has 5 heteroatoms. The van der Waals surface area contributed by atoms with Crippen LogP contribution in [-0.2, 0) is 0 Å². The number of carbonyl (C=O) groups is 2. The van der Waals surface area contributed by atoms with Gasteiger partial charge in [-0.15, -0.1) is 0 Å². The largest absolute Gasteiger partial charge is 0.393 e. The van der Waals surface area contributed by atoms with E-state index < -0.39 is 6.10 Å². The lowest BCUT2D eigenvalue weighted by molar-refractivity contribution is 0.0923. The Balaban J connectivity index is 2.70. The predicted octanol–water partition coefficient (Wildman–Crippen LogP) is 1.72. The average Bonchev–Trinajstić information content (AvgIpc) is 2.43. The van der Waals surface area contributed by atoms with Crippen molar-refractivity contribution in [2.45, 2.75) is 45.8 Å². The molecular formula is C16H24N2O3. The Morgan fingerprint density at radius 1 is 1.19 bits per heavy atom. The zero-order valence-electron chi connectivity index (χ0n) is 12.8. The standard InChI is InChI=1S/C16H24N2O3/c1-4-8-17-15(20)13-6-5-7-14(10-13)16(21)18-11(2)9-12(3)19/h5-7,10-12,19H,4,8-9H2,1-3H3,(H,17,20)(H,18,21)/t11-,12-/m1/s1. The van der Waals surface area contributed by atoms with E-state index in [1.165, 1.54) is 0 Å². The lowest BCUT2D eigenvalue weighted by atomic mass is 10.1. The van der Waals surface area contributed by atoms with Gasteiger partial charge >= 0.3 is 0 Å². The Kier molecular flexibility index (Phi) is 6.88. The van der Waals surface area contributed by atoms with E-state index in [1.54, 1.807) is 31.2 Å². The van der Waals surface area contributed by atoms with Crippen LogP contribution in [0.5, 0.6) is 0 Å². The van der Waals surface area contributed by atoms with Gasteiger partial charge in [0, 0.05) is 23.7 Å². The number of amides is 2. The number of rotatable bonds is 7. The molecule has 0 radical (unpaired) electrons. The van der Waals surface area contributed by atoms with Crippen LogP contribution in [0.2, 0.25) is 0 Å². The molecule has 0 heterocycles. The molecule has 0 aliphatic heterocycles. The zero-order chi connectivity index (χ0) is 15.8. The molecule has 1 aromatic rings. The smallest absolute Gasteiger partial charge is 0.251 e. The van der Waals surface area contributed by atoms with Gasteiger partial charge in [-0.1, -0.05) is 13.0 Å². The van der Waals surface area contributed by atoms with Gasteiger partial charge in [0.1, 0.15) is 0 Å². The van der Waals surface area contributed by atoms with Crippen LogP contribution in [0.25, 0.3) is 0 Å². The molecule has 5 nitrogen and oxygen atoms in total. The van der Waals surface area contributed by atoms with Gasteiger partial charge < -0.3 is 15.7 Å². The summed E-state index contributed by atoms with van der Waals surface area (Å²) < 4.78 is 0. The van der Waals surface area contributed by atoms with Gasteiger partial charge in [-0.3, -0.25) is 9.59 Å². The molecule has 0 bridgehead atoms. The number of aliphatic hydroxyl groups is 1. The number of aliphatic hydroxyl groups excluding tert-OH is 1. The molecule has 0 aliphatic carbocycles. The normalized spacial score (nSPS) is 13.3. The average molecular weight is 292 g/mol. The van der Waals surface area contributed by atoms with Gasteiger partial charge in [0.2, 0.25) is 0 Å². The molecule has 1 aromatic carbocycles. The van der Waals surface area contributed by atoms with Crippen molar-refractivity contribution in [3.63, 3.8) is 0 Å². The zero-order valence-corrected chi connectivity index (χ0v) is 12.8. The topological polar surface area (TPSA) is 78.4 Å². The highest BCUT2D eigenvalue weighted by Crippen LogP contribution is 2.07. The first-order valence-electron chi connectivity index (χ1n) is 7.31. The van der Waals surface area contributed by atoms with E-state index in [-0.39, 0.29) is 17.9 Å². The summed E-state index contributed by atoms with van der Waals surface area (Å²) >= 11 is 0. The summed E-state index contributed by atoms with van der Waals surface area (Å²) in [6.45, 7) is 6.11. The van der Waals surface area contributed by atoms with E-state index in [2.05, 4.69) is 10.6 Å². The van der Waals surface area contributed by atoms with E-state index in [0.29, 0.717) is 24.1 Å². The molecule has 1 rings (SSSR count). The minimum Gasteiger partial charge on any atom is -0.393 e. The Labute approximate surface area is 125 Å². The van der Waals surface area contributed by atoms with Crippen LogP contribution in [0, 0.1) is 0 Å². The van der Waals surface area contributed by atoms with E-state index in [4.69, 9.17) is 0 Å². The van der Waals surface area contributed by atoms with Gasteiger partial charge in [0.05, 0.1) is 6.10 Å². The molecule has 0 aromatic heterocycles. The van der Waals surface area contributed by atoms with Gasteiger partial charge in [0.15, 0.2) is 0 Å². The van der Waals surface area contributed by atoms with Crippen LogP contribution in [0.3, 0.4) is 0 Å². The van der Waals surface area contributed by atoms with Crippen molar-refractivity contribution in [3.05, 3.63) is 35.4 Å². The van der Waals surface area contributed by atoms with E-state index >= 15 is 0 Å². The number of carbonyl (C=O) groups excluding carboxylic acids is 2. The fraction of sp³-hybridized carbons (Fsp3) is 0.500. The Morgan fingerprint density at radius 2 is 1.81 bits per heavy atom. The van der Waals surface area contributed by atoms with Crippen LogP contribution in [0.15, 0.2) is 24.3 Å². The Morgan fingerprint density at radius 3 is 2.38 bits per heavy atom. The number of hydrogen-bond donors (Lipinski definition) is 3. The number of hydrogen-bond acceptors (Lipinski definition) is 3. The van der Waals surface area contributed by atoms with Crippen molar-refractivity contribution in [2.24, 2.45) is 0 Å². The molecule has 116 valence electrons. The van der Waals surface area contributed by atoms with Crippen LogP contribution in [0.1, 0.15) is 54.3 Å². The van der Waals surface area contributed by atoms with E-state index in [9.17, 15) is 14.7 Å². The minimum atomic E-state index is -0.466. The fourth-order valence-electron chi connectivity index (χ4n) is 2.02. The minimum absolute atomic E-state index is 0.130. The summed E-state index contributed by atoms with van der Waals surface area (Å²) in [5, 5.41) is 14.9. The Hall–Kier alpha value is -1.88. The third-order valence-corrected chi connectivity index (χ3v) is 2.99. The quantitative estimate of drug-likeness (QED) is 0.716. The Bertz CT molecular complexity index is 486. The maximum atomic E-state index is 12.1. The van der Waals surface area contributed by atoms with Gasteiger partial charge in [-0.25, -0.2) is 0 Å². The molecule has 0 saturated heterocycles. The van der Waals surface area contributed by atoms with Crippen molar-refractivity contribution in [1.29, 1.82) is 0 Å². The third kappa shape index (κ3) is 5.95. The van der Waals surface area contributed by atoms with Gasteiger partial charge in [-0.2, -0.15) is 0 Å². The molecule has 21 heavy (non-hydrogen) atoms. The summed E-state index contributed by atoms with van der Waals surface area (Å²) in [6.07, 6.45) is 0.886. The van der Waals surface area contributed by atoms with Crippen molar-refractivity contribution < 1.29 is 14.7 Å². The maximum Gasteiger partial charge on any atom is 0.251 e. The van der Waals surface area contributed by atoms with Crippen molar-refractivity contribution in [2.75, 3.05) is 6.54 Å². The molecule has 0 spiro atoms. The molecule has 3 N–H and O–H groups in total. The molecule has 0 aliphatic rings. The van der Waals surface area contributed by atoms with Crippen molar-refractivity contribution in [1.82, 2.24) is 10.6 Å². The van der Waals surface area contributed by atoms with Gasteiger partial charge in [-0.05, 0) is 44.9 Å². The van der Waals surface area contributed by atoms with Crippen LogP contribution in [0.4, 0.5) is 0 Å². The van der Waals surface area contributed by atoms with E-state index in [1.807, 2.05) is 13.8 Å². The monoisotopic (exact) mass is 292 g/mol. The second-order valence-electron chi connectivity index (χ2n) is 5.30. The first-order valence-corrected chi connectivity index (χ1v) is 7.31. The summed E-state index contributed by atoms with van der Waals surface area (Å²) in [7, 11) is 0. The SMILES string of the molecule is CCCNC(=O)c1cccc(C(=O)N[C@H](C)C[C@@H](C)O)c1. The number of nitrogens with one attached hydrogen (secondary N) is 2. The molecule has 0 saturated carbocycles. The van der Waals surface area contributed by atoms with Crippen LogP contribution < -0.4 is 10.6 Å². The first kappa shape index (κ1) is 17.2. The summed E-state index contributed by atoms with van der Waals surface area (Å²) in [5.74, 6) is -0.420. The maximum absolute atomic E-state index is 12.1.